The van der Waals surface area contributed by atoms with Crippen LogP contribution >= 0.6 is 0 Å². The van der Waals surface area contributed by atoms with E-state index in [2.05, 4.69) is 10.2 Å². The van der Waals surface area contributed by atoms with E-state index in [9.17, 15) is 14.7 Å². The van der Waals surface area contributed by atoms with E-state index >= 15 is 0 Å². The van der Waals surface area contributed by atoms with Gasteiger partial charge in [0, 0.05) is 18.5 Å². The summed E-state index contributed by atoms with van der Waals surface area (Å²) in [5.41, 5.74) is 0.972. The lowest BCUT2D eigenvalue weighted by molar-refractivity contribution is 0.0719. The Kier molecular flexibility index (Phi) is 5.20. The number of carbonyl (C=O) groups excluding carboxylic acids is 1. The average molecular weight is 337 g/mol. The van der Waals surface area contributed by atoms with Crippen molar-refractivity contribution >= 4 is 16.7 Å². The van der Waals surface area contributed by atoms with Crippen LogP contribution in [-0.2, 0) is 6.42 Å². The molecule has 3 aromatic rings. The predicted octanol–water partition coefficient (Wildman–Crippen LogP) is 1.60. The molecule has 0 radical (unpaired) electrons. The first-order valence-electron chi connectivity index (χ1n) is 8.12. The maximum Gasteiger partial charge on any atom is 0.275 e. The lowest BCUT2D eigenvalue weighted by atomic mass is 10.1. The van der Waals surface area contributed by atoms with E-state index < -0.39 is 0 Å². The summed E-state index contributed by atoms with van der Waals surface area (Å²) in [6.07, 6.45) is 0.674. The van der Waals surface area contributed by atoms with Crippen LogP contribution < -0.4 is 5.56 Å². The van der Waals surface area contributed by atoms with Gasteiger partial charge in [0.25, 0.3) is 11.5 Å². The normalized spacial score (nSPS) is 10.8. The molecule has 3 rings (SSSR count). The van der Waals surface area contributed by atoms with Gasteiger partial charge >= 0.3 is 0 Å². The third kappa shape index (κ3) is 3.75. The highest BCUT2D eigenvalue weighted by Crippen LogP contribution is 2.15. The van der Waals surface area contributed by atoms with Crippen LogP contribution in [0, 0.1) is 0 Å². The number of aromatic nitrogens is 2. The van der Waals surface area contributed by atoms with E-state index in [1.165, 1.54) is 0 Å². The first kappa shape index (κ1) is 16.9. The van der Waals surface area contributed by atoms with Crippen molar-refractivity contribution in [2.75, 3.05) is 19.7 Å². The molecule has 25 heavy (non-hydrogen) atoms. The molecule has 0 fully saturated rings. The Labute approximate surface area is 144 Å². The fourth-order valence-corrected chi connectivity index (χ4v) is 2.77. The van der Waals surface area contributed by atoms with Crippen molar-refractivity contribution in [1.29, 1.82) is 0 Å². The van der Waals surface area contributed by atoms with Crippen molar-refractivity contribution in [3.05, 3.63) is 76.2 Å². The molecule has 128 valence electrons. The van der Waals surface area contributed by atoms with Gasteiger partial charge in [0.15, 0.2) is 5.69 Å². The molecule has 0 atom stereocenters. The van der Waals surface area contributed by atoms with Crippen LogP contribution in [0.25, 0.3) is 10.8 Å². The molecule has 0 aliphatic rings. The average Bonchev–Trinajstić information content (AvgIpc) is 2.66. The van der Waals surface area contributed by atoms with Gasteiger partial charge < -0.3 is 10.0 Å². The molecule has 6 heteroatoms. The Morgan fingerprint density at radius 1 is 1.00 bits per heavy atom. The van der Waals surface area contributed by atoms with E-state index in [1.807, 2.05) is 30.3 Å². The summed E-state index contributed by atoms with van der Waals surface area (Å²) in [5.74, 6) is -0.308. The maximum atomic E-state index is 12.9. The highest BCUT2D eigenvalue weighted by molar-refractivity contribution is 6.04. The minimum atomic E-state index is -0.329. The van der Waals surface area contributed by atoms with Gasteiger partial charge in [-0.25, -0.2) is 5.10 Å². The Bertz CT molecular complexity index is 922. The quantitative estimate of drug-likeness (QED) is 0.715. The number of fused-ring (bicyclic) bond motifs is 1. The molecule has 2 N–H and O–H groups in total. The molecule has 2 aromatic carbocycles. The Morgan fingerprint density at radius 2 is 1.68 bits per heavy atom. The minimum Gasteiger partial charge on any atom is -0.395 e. The number of aliphatic hydroxyl groups excluding tert-OH is 1. The lowest BCUT2D eigenvalue weighted by Gasteiger charge is -2.21. The lowest BCUT2D eigenvalue weighted by Crippen LogP contribution is -2.36. The molecule has 0 saturated carbocycles. The minimum absolute atomic E-state index is 0.137. The summed E-state index contributed by atoms with van der Waals surface area (Å²) < 4.78 is 0. The van der Waals surface area contributed by atoms with Crippen LogP contribution in [0.1, 0.15) is 16.1 Å². The molecule has 0 aliphatic heterocycles. The molecule has 1 heterocycles. The van der Waals surface area contributed by atoms with Gasteiger partial charge in [0.05, 0.1) is 12.0 Å². The van der Waals surface area contributed by atoms with E-state index in [-0.39, 0.29) is 30.3 Å². The number of benzene rings is 2. The Hall–Kier alpha value is -2.99. The third-order valence-electron chi connectivity index (χ3n) is 4.07. The van der Waals surface area contributed by atoms with Gasteiger partial charge in [0.2, 0.25) is 0 Å². The number of aliphatic hydroxyl groups is 1. The Morgan fingerprint density at radius 3 is 2.40 bits per heavy atom. The smallest absolute Gasteiger partial charge is 0.275 e. The molecule has 1 aromatic heterocycles. The van der Waals surface area contributed by atoms with Gasteiger partial charge in [-0.15, -0.1) is 0 Å². The first-order chi connectivity index (χ1) is 12.2. The zero-order chi connectivity index (χ0) is 17.6. The van der Waals surface area contributed by atoms with Crippen LogP contribution in [0.3, 0.4) is 0 Å². The molecule has 6 nitrogen and oxygen atoms in total. The molecule has 0 spiro atoms. The zero-order valence-corrected chi connectivity index (χ0v) is 13.7. The topological polar surface area (TPSA) is 86.3 Å². The number of H-pyrrole nitrogens is 1. The van der Waals surface area contributed by atoms with Crippen molar-refractivity contribution in [3.63, 3.8) is 0 Å². The number of hydrogen-bond acceptors (Lipinski definition) is 4. The number of amides is 1. The summed E-state index contributed by atoms with van der Waals surface area (Å²) in [6.45, 7) is 0.529. The van der Waals surface area contributed by atoms with E-state index in [4.69, 9.17) is 0 Å². The molecule has 0 aliphatic carbocycles. The van der Waals surface area contributed by atoms with Crippen molar-refractivity contribution in [1.82, 2.24) is 15.1 Å². The van der Waals surface area contributed by atoms with Gasteiger partial charge in [-0.2, -0.15) is 5.10 Å². The van der Waals surface area contributed by atoms with Crippen molar-refractivity contribution in [2.24, 2.45) is 0 Å². The SMILES string of the molecule is O=C(c1n[nH]c(=O)c2ccccc12)N(CCO)CCc1ccccc1. The monoisotopic (exact) mass is 337 g/mol. The van der Waals surface area contributed by atoms with Crippen molar-refractivity contribution in [2.45, 2.75) is 6.42 Å². The standard InChI is InChI=1S/C19H19N3O3/c23-13-12-22(11-10-14-6-2-1-3-7-14)19(25)17-15-8-4-5-9-16(15)18(24)21-20-17/h1-9,23H,10-13H2,(H,21,24). The number of rotatable bonds is 6. The van der Waals surface area contributed by atoms with Crippen LogP contribution in [0.5, 0.6) is 0 Å². The molecule has 1 amide bonds. The van der Waals surface area contributed by atoms with Crippen LogP contribution in [0.2, 0.25) is 0 Å². The van der Waals surface area contributed by atoms with E-state index in [0.717, 1.165) is 5.56 Å². The summed E-state index contributed by atoms with van der Waals surface area (Å²) in [6, 6.07) is 16.7. The number of hydrogen-bond donors (Lipinski definition) is 2. The molecule has 0 bridgehead atoms. The van der Waals surface area contributed by atoms with Gasteiger partial charge in [-0.05, 0) is 18.1 Å². The summed E-state index contributed by atoms with van der Waals surface area (Å²) in [7, 11) is 0. The number of carbonyl (C=O) groups is 1. The third-order valence-corrected chi connectivity index (χ3v) is 4.07. The van der Waals surface area contributed by atoms with Gasteiger partial charge in [-0.1, -0.05) is 48.5 Å². The summed E-state index contributed by atoms with van der Waals surface area (Å²) in [5, 5.41) is 16.6. The second kappa shape index (κ2) is 7.72. The first-order valence-corrected chi connectivity index (χ1v) is 8.12. The second-order valence-electron chi connectivity index (χ2n) is 5.70. The highest BCUT2D eigenvalue weighted by Gasteiger charge is 2.20. The van der Waals surface area contributed by atoms with Crippen molar-refractivity contribution < 1.29 is 9.90 Å². The molecule has 0 unspecified atom stereocenters. The molecular formula is C19H19N3O3. The largest absolute Gasteiger partial charge is 0.395 e. The fraction of sp³-hybridized carbons (Fsp3) is 0.211. The van der Waals surface area contributed by atoms with Crippen molar-refractivity contribution in [3.8, 4) is 0 Å². The van der Waals surface area contributed by atoms with Gasteiger partial charge in [0.1, 0.15) is 0 Å². The van der Waals surface area contributed by atoms with Crippen LogP contribution in [0.15, 0.2) is 59.4 Å². The van der Waals surface area contributed by atoms with Crippen LogP contribution in [0.4, 0.5) is 0 Å². The van der Waals surface area contributed by atoms with E-state index in [1.54, 1.807) is 29.2 Å². The predicted molar refractivity (Wildman–Crippen MR) is 95.5 cm³/mol. The summed E-state index contributed by atoms with van der Waals surface area (Å²) in [4.78, 5) is 26.3. The highest BCUT2D eigenvalue weighted by atomic mass is 16.3. The molecule has 0 saturated heterocycles. The van der Waals surface area contributed by atoms with E-state index in [0.29, 0.717) is 23.7 Å². The summed E-state index contributed by atoms with van der Waals surface area (Å²) >= 11 is 0. The fourth-order valence-electron chi connectivity index (χ4n) is 2.77. The van der Waals surface area contributed by atoms with Crippen LogP contribution in [-0.4, -0.2) is 45.8 Å². The van der Waals surface area contributed by atoms with Gasteiger partial charge in [-0.3, -0.25) is 9.59 Å². The maximum absolute atomic E-state index is 12.9. The number of nitrogens with one attached hydrogen (secondary N) is 1. The zero-order valence-electron chi connectivity index (χ0n) is 13.7. The second-order valence-corrected chi connectivity index (χ2v) is 5.70. The number of nitrogens with zero attached hydrogens (tertiary/aromatic N) is 2. The Balaban J connectivity index is 1.88. The number of aromatic amines is 1. The molecular weight excluding hydrogens is 318 g/mol.